The fraction of sp³-hybridized carbons (Fsp3) is 0.500. The Morgan fingerprint density at radius 1 is 1.47 bits per heavy atom. The van der Waals surface area contributed by atoms with Crippen LogP contribution in [-0.2, 0) is 5.60 Å². The minimum absolute atomic E-state index is 0.316. The minimum Gasteiger partial charge on any atom is -0.497 e. The van der Waals surface area contributed by atoms with E-state index in [-0.39, 0.29) is 5.92 Å². The third-order valence-electron chi connectivity index (χ3n) is 3.60. The van der Waals surface area contributed by atoms with Crippen molar-refractivity contribution in [2.75, 3.05) is 7.11 Å². The van der Waals surface area contributed by atoms with Crippen LogP contribution in [0.25, 0.3) is 0 Å². The van der Waals surface area contributed by atoms with Crippen molar-refractivity contribution >= 4 is 0 Å². The van der Waals surface area contributed by atoms with Crippen LogP contribution in [0.1, 0.15) is 31.2 Å². The van der Waals surface area contributed by atoms with Gasteiger partial charge in [-0.25, -0.2) is 0 Å². The molecule has 0 spiro atoms. The van der Waals surface area contributed by atoms with Crippen LogP contribution in [0.4, 0.5) is 0 Å². The number of nitrogens with zero attached hydrogens (tertiary/aromatic N) is 1. The zero-order valence-electron chi connectivity index (χ0n) is 10.0. The second kappa shape index (κ2) is 4.77. The van der Waals surface area contributed by atoms with Gasteiger partial charge in [0.05, 0.1) is 19.1 Å². The molecule has 90 valence electrons. The average Bonchev–Trinajstić information content (AvgIpc) is 2.39. The van der Waals surface area contributed by atoms with Gasteiger partial charge in [0.25, 0.3) is 0 Å². The minimum atomic E-state index is -1.01. The maximum Gasteiger partial charge on any atom is 0.119 e. The number of nitriles is 1. The van der Waals surface area contributed by atoms with Crippen molar-refractivity contribution in [3.8, 4) is 11.8 Å². The number of methoxy groups -OCH3 is 1. The van der Waals surface area contributed by atoms with Crippen molar-refractivity contribution in [3.63, 3.8) is 0 Å². The second-order valence-electron chi connectivity index (χ2n) is 4.58. The summed E-state index contributed by atoms with van der Waals surface area (Å²) in [6.45, 7) is 0. The Hall–Kier alpha value is -1.53. The number of ether oxygens (including phenoxy) is 1. The number of hydrogen-bond donors (Lipinski definition) is 1. The van der Waals surface area contributed by atoms with Crippen molar-refractivity contribution in [3.05, 3.63) is 29.8 Å². The van der Waals surface area contributed by atoms with Gasteiger partial charge in [0.2, 0.25) is 0 Å². The van der Waals surface area contributed by atoms with E-state index in [9.17, 15) is 10.4 Å². The zero-order chi connectivity index (χ0) is 12.3. The van der Waals surface area contributed by atoms with Crippen molar-refractivity contribution in [2.45, 2.75) is 31.3 Å². The molecule has 0 radical (unpaired) electrons. The Kier molecular flexibility index (Phi) is 3.35. The largest absolute Gasteiger partial charge is 0.497 e. The lowest BCUT2D eigenvalue weighted by Gasteiger charge is -2.36. The molecule has 0 amide bonds. The molecule has 2 atom stereocenters. The van der Waals surface area contributed by atoms with E-state index >= 15 is 0 Å². The molecule has 1 N–H and O–H groups in total. The summed E-state index contributed by atoms with van der Waals surface area (Å²) in [5.41, 5.74) is -0.218. The van der Waals surface area contributed by atoms with Gasteiger partial charge >= 0.3 is 0 Å². The van der Waals surface area contributed by atoms with Crippen LogP contribution in [0.3, 0.4) is 0 Å². The first-order valence-corrected chi connectivity index (χ1v) is 5.97. The summed E-state index contributed by atoms with van der Waals surface area (Å²) in [5.74, 6) is 0.404. The zero-order valence-corrected chi connectivity index (χ0v) is 10.0. The van der Waals surface area contributed by atoms with Crippen LogP contribution in [0.5, 0.6) is 5.75 Å². The highest BCUT2D eigenvalue weighted by Crippen LogP contribution is 2.42. The van der Waals surface area contributed by atoms with Crippen molar-refractivity contribution in [1.82, 2.24) is 0 Å². The maximum absolute atomic E-state index is 10.7. The SMILES string of the molecule is COc1cccc(C2(O)CCCCC2C#N)c1. The van der Waals surface area contributed by atoms with Crippen molar-refractivity contribution < 1.29 is 9.84 Å². The van der Waals surface area contributed by atoms with E-state index in [0.29, 0.717) is 6.42 Å². The standard InChI is InChI=1S/C14H17NO2/c1-17-13-7-4-6-11(9-13)14(16)8-3-2-5-12(14)10-15/h4,6-7,9,12,16H,2-3,5,8H2,1H3. The predicted molar refractivity (Wildman–Crippen MR) is 64.5 cm³/mol. The summed E-state index contributed by atoms with van der Waals surface area (Å²) < 4.78 is 5.17. The molecule has 1 aromatic carbocycles. The molecule has 3 heteroatoms. The van der Waals surface area contributed by atoms with Crippen LogP contribution in [0.2, 0.25) is 0 Å². The van der Waals surface area contributed by atoms with E-state index in [1.54, 1.807) is 7.11 Å². The fourth-order valence-corrected chi connectivity index (χ4v) is 2.57. The van der Waals surface area contributed by atoms with E-state index in [1.165, 1.54) is 0 Å². The Bertz CT molecular complexity index is 438. The lowest BCUT2D eigenvalue weighted by molar-refractivity contribution is -0.0325. The molecule has 0 saturated heterocycles. The summed E-state index contributed by atoms with van der Waals surface area (Å²) in [7, 11) is 1.60. The van der Waals surface area contributed by atoms with Gasteiger partial charge in [0.15, 0.2) is 0 Å². The second-order valence-corrected chi connectivity index (χ2v) is 4.58. The molecule has 0 aromatic heterocycles. The van der Waals surface area contributed by atoms with Gasteiger partial charge in [-0.3, -0.25) is 0 Å². The van der Waals surface area contributed by atoms with E-state index in [4.69, 9.17) is 4.74 Å². The average molecular weight is 231 g/mol. The Balaban J connectivity index is 2.38. The van der Waals surface area contributed by atoms with Crippen LogP contribution < -0.4 is 4.74 Å². The van der Waals surface area contributed by atoms with Gasteiger partial charge in [-0.1, -0.05) is 25.0 Å². The Labute approximate surface area is 102 Å². The smallest absolute Gasteiger partial charge is 0.119 e. The molecule has 1 aliphatic rings. The molecule has 3 nitrogen and oxygen atoms in total. The number of aliphatic hydroxyl groups is 1. The maximum atomic E-state index is 10.7. The first-order valence-electron chi connectivity index (χ1n) is 5.97. The van der Waals surface area contributed by atoms with Gasteiger partial charge < -0.3 is 9.84 Å². The van der Waals surface area contributed by atoms with Crippen molar-refractivity contribution in [1.29, 1.82) is 5.26 Å². The van der Waals surface area contributed by atoms with Gasteiger partial charge in [-0.05, 0) is 30.5 Å². The molecule has 1 saturated carbocycles. The van der Waals surface area contributed by atoms with E-state index in [2.05, 4.69) is 6.07 Å². The van der Waals surface area contributed by atoms with Gasteiger partial charge in [-0.15, -0.1) is 0 Å². The Morgan fingerprint density at radius 3 is 3.00 bits per heavy atom. The molecule has 0 heterocycles. The van der Waals surface area contributed by atoms with Gasteiger partial charge in [-0.2, -0.15) is 5.26 Å². The van der Waals surface area contributed by atoms with Gasteiger partial charge in [0.1, 0.15) is 11.4 Å². The quantitative estimate of drug-likeness (QED) is 0.851. The summed E-state index contributed by atoms with van der Waals surface area (Å²) in [6, 6.07) is 9.64. The molecule has 1 fully saturated rings. The molecule has 17 heavy (non-hydrogen) atoms. The molecule has 2 rings (SSSR count). The summed E-state index contributed by atoms with van der Waals surface area (Å²) in [6.07, 6.45) is 3.40. The molecule has 1 aromatic rings. The molecular weight excluding hydrogens is 214 g/mol. The molecule has 0 aliphatic heterocycles. The summed E-state index contributed by atoms with van der Waals surface area (Å²) in [5, 5.41) is 19.9. The lowest BCUT2D eigenvalue weighted by Crippen LogP contribution is -2.37. The summed E-state index contributed by atoms with van der Waals surface area (Å²) in [4.78, 5) is 0. The van der Waals surface area contributed by atoms with Crippen LogP contribution >= 0.6 is 0 Å². The highest BCUT2D eigenvalue weighted by molar-refractivity contribution is 5.34. The lowest BCUT2D eigenvalue weighted by atomic mass is 9.72. The topological polar surface area (TPSA) is 53.2 Å². The van der Waals surface area contributed by atoms with Gasteiger partial charge in [0, 0.05) is 0 Å². The van der Waals surface area contributed by atoms with Crippen molar-refractivity contribution in [2.24, 2.45) is 5.92 Å². The Morgan fingerprint density at radius 2 is 2.29 bits per heavy atom. The first kappa shape index (κ1) is 11.9. The molecule has 1 aliphatic carbocycles. The van der Waals surface area contributed by atoms with E-state index in [1.807, 2.05) is 24.3 Å². The monoisotopic (exact) mass is 231 g/mol. The number of hydrogen-bond acceptors (Lipinski definition) is 3. The van der Waals surface area contributed by atoms with Crippen LogP contribution in [-0.4, -0.2) is 12.2 Å². The predicted octanol–water partition coefficient (Wildman–Crippen LogP) is 2.60. The highest BCUT2D eigenvalue weighted by Gasteiger charge is 2.40. The highest BCUT2D eigenvalue weighted by atomic mass is 16.5. The van der Waals surface area contributed by atoms with E-state index in [0.717, 1.165) is 30.6 Å². The van der Waals surface area contributed by atoms with Crippen LogP contribution in [0, 0.1) is 17.2 Å². The molecular formula is C14H17NO2. The number of benzene rings is 1. The first-order chi connectivity index (χ1) is 8.20. The fourth-order valence-electron chi connectivity index (χ4n) is 2.57. The number of rotatable bonds is 2. The normalized spacial score (nSPS) is 28.4. The summed E-state index contributed by atoms with van der Waals surface area (Å²) >= 11 is 0. The van der Waals surface area contributed by atoms with E-state index < -0.39 is 5.60 Å². The molecule has 0 bridgehead atoms. The van der Waals surface area contributed by atoms with Crippen LogP contribution in [0.15, 0.2) is 24.3 Å². The third kappa shape index (κ3) is 2.13. The third-order valence-corrected chi connectivity index (χ3v) is 3.60. The molecule has 2 unspecified atom stereocenters.